The van der Waals surface area contributed by atoms with Gasteiger partial charge in [0.15, 0.2) is 5.50 Å². The fourth-order valence-corrected chi connectivity index (χ4v) is 5.84. The minimum Gasteiger partial charge on any atom is -0.487 e. The summed E-state index contributed by atoms with van der Waals surface area (Å²) < 4.78 is 7.41. The van der Waals surface area contributed by atoms with Gasteiger partial charge in [-0.1, -0.05) is 43.0 Å². The van der Waals surface area contributed by atoms with Crippen LogP contribution in [0, 0.1) is 0 Å². The molecule has 0 radical (unpaired) electrons. The third-order valence-electron chi connectivity index (χ3n) is 5.29. The molecule has 1 fully saturated rings. The Hall–Kier alpha value is -2.75. The number of carbonyl (C=O) groups excluding carboxylic acids is 1. The molecule has 0 aliphatic carbocycles. The summed E-state index contributed by atoms with van der Waals surface area (Å²) in [6.07, 6.45) is 2.82. The van der Waals surface area contributed by atoms with Crippen LogP contribution in [0.2, 0.25) is 0 Å². The topological polar surface area (TPSA) is 87.7 Å². The quantitative estimate of drug-likeness (QED) is 0.245. The van der Waals surface area contributed by atoms with E-state index in [0.29, 0.717) is 10.7 Å². The third kappa shape index (κ3) is 6.48. The molecule has 1 aliphatic rings. The van der Waals surface area contributed by atoms with E-state index in [1.54, 1.807) is 24.3 Å². The van der Waals surface area contributed by atoms with E-state index in [9.17, 15) is 9.59 Å². The smallest absolute Gasteiger partial charge is 0.335 e. The Labute approximate surface area is 224 Å². The molecule has 6 nitrogen and oxygen atoms in total. The molecule has 1 atom stereocenters. The monoisotopic (exact) mass is 616 g/mol. The van der Waals surface area contributed by atoms with Gasteiger partial charge in [-0.25, -0.2) is 4.79 Å². The zero-order valence-corrected chi connectivity index (χ0v) is 22.7. The maximum Gasteiger partial charge on any atom is 0.335 e. The van der Waals surface area contributed by atoms with Crippen LogP contribution in [0.1, 0.15) is 34.0 Å². The van der Waals surface area contributed by atoms with E-state index in [-0.39, 0.29) is 23.6 Å². The fraction of sp³-hybridized carbons (Fsp3) is 0.154. The Bertz CT molecular complexity index is 1250. The number of nitrogens with one attached hydrogen (secondary N) is 2. The van der Waals surface area contributed by atoms with Crippen molar-refractivity contribution in [1.29, 1.82) is 0 Å². The number of ether oxygens (including phenoxy) is 1. The molecule has 1 heterocycles. The Morgan fingerprint density at radius 1 is 1.09 bits per heavy atom. The lowest BCUT2D eigenvalue weighted by Gasteiger charge is -2.13. The number of anilines is 1. The van der Waals surface area contributed by atoms with Crippen molar-refractivity contribution in [2.75, 3.05) is 5.32 Å². The molecule has 35 heavy (non-hydrogen) atoms. The lowest BCUT2D eigenvalue weighted by molar-refractivity contribution is -0.116. The van der Waals surface area contributed by atoms with Crippen LogP contribution in [-0.2, 0) is 17.8 Å². The molecule has 3 aromatic carbocycles. The number of rotatable bonds is 8. The van der Waals surface area contributed by atoms with Gasteiger partial charge in [0.1, 0.15) is 12.4 Å². The minimum atomic E-state index is -0.963. The molecular formula is C26H22Br2N2O4S. The van der Waals surface area contributed by atoms with Gasteiger partial charge in [0.2, 0.25) is 0 Å². The van der Waals surface area contributed by atoms with E-state index in [0.717, 1.165) is 32.2 Å². The van der Waals surface area contributed by atoms with Crippen molar-refractivity contribution >= 4 is 67.3 Å². The van der Waals surface area contributed by atoms with Crippen LogP contribution in [0.4, 0.5) is 5.69 Å². The minimum absolute atomic E-state index is 0.130. The summed E-state index contributed by atoms with van der Waals surface area (Å²) in [5, 5.41) is 15.3. The van der Waals surface area contributed by atoms with Gasteiger partial charge in [-0.15, -0.1) is 0 Å². The van der Waals surface area contributed by atoms with E-state index in [1.807, 2.05) is 30.3 Å². The van der Waals surface area contributed by atoms with Crippen LogP contribution in [0.15, 0.2) is 74.5 Å². The van der Waals surface area contributed by atoms with Gasteiger partial charge in [0.05, 0.1) is 19.4 Å². The number of carboxylic acid groups (broad SMARTS) is 1. The van der Waals surface area contributed by atoms with Crippen molar-refractivity contribution in [3.8, 4) is 5.75 Å². The second-order valence-corrected chi connectivity index (χ2v) is 10.6. The Morgan fingerprint density at radius 2 is 1.71 bits per heavy atom. The SMILES string of the molecule is CCc1ccc(N[C@@H]2NC(=O)/C(=C/c3cc(Br)c(OCc4ccc(C(=O)O)cc4)c(Br)c3)S2)cc1. The first-order chi connectivity index (χ1) is 16.8. The number of amides is 1. The maximum absolute atomic E-state index is 12.5. The predicted molar refractivity (Wildman–Crippen MR) is 147 cm³/mol. The van der Waals surface area contributed by atoms with Crippen molar-refractivity contribution in [1.82, 2.24) is 5.32 Å². The standard InChI is InChI=1S/C26H22Br2N2O4S/c1-2-15-5-9-19(10-6-15)29-26-30-24(31)22(35-26)13-17-11-20(27)23(21(28)12-17)34-14-16-3-7-18(8-4-16)25(32)33/h3-13,26,29H,2,14H2,1H3,(H,30,31)(H,32,33)/b22-13-/t26-/m1/s1. The van der Waals surface area contributed by atoms with E-state index in [2.05, 4.69) is 61.5 Å². The first-order valence-corrected chi connectivity index (χ1v) is 13.3. The molecule has 9 heteroatoms. The Morgan fingerprint density at radius 3 is 2.31 bits per heavy atom. The molecule has 0 spiro atoms. The largest absolute Gasteiger partial charge is 0.487 e. The molecule has 1 saturated heterocycles. The Balaban J connectivity index is 1.42. The van der Waals surface area contributed by atoms with E-state index in [4.69, 9.17) is 9.84 Å². The number of carboxylic acids is 1. The maximum atomic E-state index is 12.5. The van der Waals surface area contributed by atoms with Crippen molar-refractivity contribution in [2.24, 2.45) is 0 Å². The molecule has 3 aromatic rings. The van der Waals surface area contributed by atoms with Crippen LogP contribution in [0.25, 0.3) is 6.08 Å². The molecular weight excluding hydrogens is 596 g/mol. The van der Waals surface area contributed by atoms with Crippen LogP contribution in [0.5, 0.6) is 5.75 Å². The highest BCUT2D eigenvalue weighted by atomic mass is 79.9. The van der Waals surface area contributed by atoms with E-state index < -0.39 is 5.97 Å². The van der Waals surface area contributed by atoms with Gasteiger partial charge in [-0.3, -0.25) is 4.79 Å². The second kappa shape index (κ2) is 11.3. The van der Waals surface area contributed by atoms with Crippen molar-refractivity contribution in [2.45, 2.75) is 25.4 Å². The molecule has 3 N–H and O–H groups in total. The summed E-state index contributed by atoms with van der Waals surface area (Å²) in [6, 6.07) is 18.5. The lowest BCUT2D eigenvalue weighted by atomic mass is 10.1. The first-order valence-electron chi connectivity index (χ1n) is 10.8. The van der Waals surface area contributed by atoms with Crippen LogP contribution in [-0.4, -0.2) is 22.5 Å². The van der Waals surface area contributed by atoms with Gasteiger partial charge in [-0.05, 0) is 97.4 Å². The number of aromatic carboxylic acids is 1. The molecule has 0 saturated carbocycles. The summed E-state index contributed by atoms with van der Waals surface area (Å²) >= 11 is 8.54. The highest BCUT2D eigenvalue weighted by molar-refractivity contribution is 9.11. The highest BCUT2D eigenvalue weighted by Crippen LogP contribution is 2.37. The average Bonchev–Trinajstić information content (AvgIpc) is 3.17. The summed E-state index contributed by atoms with van der Waals surface area (Å²) in [6.45, 7) is 2.39. The first kappa shape index (κ1) is 25.3. The van der Waals surface area contributed by atoms with Gasteiger partial charge in [-0.2, -0.15) is 0 Å². The molecule has 0 aromatic heterocycles. The molecule has 0 unspecified atom stereocenters. The van der Waals surface area contributed by atoms with E-state index in [1.165, 1.54) is 17.3 Å². The number of benzene rings is 3. The number of thioether (sulfide) groups is 1. The summed E-state index contributed by atoms with van der Waals surface area (Å²) in [4.78, 5) is 24.1. The number of hydrogen-bond acceptors (Lipinski definition) is 5. The van der Waals surface area contributed by atoms with E-state index >= 15 is 0 Å². The number of carbonyl (C=O) groups is 2. The van der Waals surface area contributed by atoms with Crippen LogP contribution in [0.3, 0.4) is 0 Å². The van der Waals surface area contributed by atoms with Crippen molar-refractivity contribution in [3.05, 3.63) is 96.8 Å². The normalized spacial score (nSPS) is 16.3. The third-order valence-corrected chi connectivity index (χ3v) is 7.50. The van der Waals surface area contributed by atoms with Crippen LogP contribution >= 0.6 is 43.6 Å². The van der Waals surface area contributed by atoms with Gasteiger partial charge in [0, 0.05) is 5.69 Å². The molecule has 0 bridgehead atoms. The Kier molecular flexibility index (Phi) is 8.20. The van der Waals surface area contributed by atoms with Gasteiger partial charge in [0.25, 0.3) is 5.91 Å². The lowest BCUT2D eigenvalue weighted by Crippen LogP contribution is -2.30. The van der Waals surface area contributed by atoms with Gasteiger partial charge >= 0.3 is 5.97 Å². The molecule has 1 amide bonds. The zero-order chi connectivity index (χ0) is 24.9. The number of aryl methyl sites for hydroxylation is 1. The summed E-state index contributed by atoms with van der Waals surface area (Å²) in [5.74, 6) is -0.474. The molecule has 180 valence electrons. The zero-order valence-electron chi connectivity index (χ0n) is 18.7. The highest BCUT2D eigenvalue weighted by Gasteiger charge is 2.27. The number of halogens is 2. The van der Waals surface area contributed by atoms with Crippen molar-refractivity contribution in [3.63, 3.8) is 0 Å². The fourth-order valence-electron chi connectivity index (χ4n) is 3.40. The average molecular weight is 618 g/mol. The molecule has 4 rings (SSSR count). The van der Waals surface area contributed by atoms with Crippen molar-refractivity contribution < 1.29 is 19.4 Å². The second-order valence-electron chi connectivity index (χ2n) is 7.78. The van der Waals surface area contributed by atoms with Crippen LogP contribution < -0.4 is 15.4 Å². The predicted octanol–water partition coefficient (Wildman–Crippen LogP) is 6.65. The number of hydrogen-bond donors (Lipinski definition) is 3. The summed E-state index contributed by atoms with van der Waals surface area (Å²) in [7, 11) is 0. The molecule has 1 aliphatic heterocycles. The van der Waals surface area contributed by atoms with Gasteiger partial charge < -0.3 is 20.5 Å². The summed E-state index contributed by atoms with van der Waals surface area (Å²) in [5.41, 5.74) is 3.89.